The number of benzene rings is 5. The number of carbonyl (C=O) groups excluding carboxylic acids is 3. The molecule has 0 bridgehead atoms. The zero-order chi connectivity index (χ0) is 49.4. The van der Waals surface area contributed by atoms with Crippen molar-refractivity contribution >= 4 is 50.7 Å². The standard InChI is InChI=1S/C19H15N3O2.C18H12FN3O.C17H13N5O/c1-24-18-9-8-16(19(23)22-20)11-15(18)7-6-13-10-14-4-2-3-5-17(14)21-12-13;19-16-8-7-15(18(23)22-20)10-13(16)6-5-12-9-14-3-1-2-4-17(14)21-11-12;1-11-2-4-14(17(23)22-18)9-13(11)5-3-12-8-15-16(21-10-12)20-7-6-19-15/h2-5,8-12H,20H2,1H3,(H,22,23);1-4,7-11H,20H2,(H,22,23);2,4,6-10H,18H2,1H3,(H,22,23). The second kappa shape index (κ2) is 23.0. The van der Waals surface area contributed by atoms with Crippen molar-refractivity contribution in [3.8, 4) is 41.3 Å². The second-order valence-corrected chi connectivity index (χ2v) is 14.8. The number of halogens is 1. The number of aryl methyl sites for hydroxylation is 1. The molecule has 0 saturated carbocycles. The Morgan fingerprint density at radius 2 is 0.971 bits per heavy atom. The highest BCUT2D eigenvalue weighted by Crippen LogP contribution is 2.20. The Balaban J connectivity index is 0.000000155. The summed E-state index contributed by atoms with van der Waals surface area (Å²) >= 11 is 0. The number of nitrogen functional groups attached to an aromatic ring is 3. The van der Waals surface area contributed by atoms with E-state index in [0.29, 0.717) is 39.2 Å². The van der Waals surface area contributed by atoms with E-state index in [1.165, 1.54) is 18.2 Å². The summed E-state index contributed by atoms with van der Waals surface area (Å²) in [5, 5.41) is 1.98. The van der Waals surface area contributed by atoms with Gasteiger partial charge in [0.1, 0.15) is 17.1 Å². The number of pyridine rings is 3. The summed E-state index contributed by atoms with van der Waals surface area (Å²) in [5.41, 5.74) is 15.0. The third-order valence-corrected chi connectivity index (χ3v) is 10.1. The van der Waals surface area contributed by atoms with Gasteiger partial charge in [-0.3, -0.25) is 45.6 Å². The molecule has 9 N–H and O–H groups in total. The molecule has 70 heavy (non-hydrogen) atoms. The Morgan fingerprint density at radius 3 is 1.56 bits per heavy atom. The maximum absolute atomic E-state index is 13.8. The van der Waals surface area contributed by atoms with Gasteiger partial charge in [-0.05, 0) is 91.3 Å². The number of hydrogen-bond donors (Lipinski definition) is 6. The number of nitrogens with two attached hydrogens (primary N) is 3. The van der Waals surface area contributed by atoms with Crippen LogP contribution in [0.3, 0.4) is 0 Å². The lowest BCUT2D eigenvalue weighted by atomic mass is 10.0. The first-order chi connectivity index (χ1) is 34.0. The van der Waals surface area contributed by atoms with Crippen molar-refractivity contribution in [3.05, 3.63) is 214 Å². The number of amides is 3. The number of nitrogens with one attached hydrogen (secondary N) is 3. The van der Waals surface area contributed by atoms with Gasteiger partial charge in [-0.15, -0.1) is 0 Å². The highest BCUT2D eigenvalue weighted by Gasteiger charge is 2.10. The lowest BCUT2D eigenvalue weighted by molar-refractivity contribution is 0.0945. The largest absolute Gasteiger partial charge is 0.495 e. The van der Waals surface area contributed by atoms with Crippen LogP contribution in [0.5, 0.6) is 5.75 Å². The fraction of sp³-hybridized carbons (Fsp3) is 0.0370. The van der Waals surface area contributed by atoms with Crippen molar-refractivity contribution in [2.75, 3.05) is 7.11 Å². The normalized spacial score (nSPS) is 9.97. The Kier molecular flexibility index (Phi) is 15.8. The minimum Gasteiger partial charge on any atom is -0.495 e. The van der Waals surface area contributed by atoms with Gasteiger partial charge in [0.15, 0.2) is 5.65 Å². The molecule has 4 heterocycles. The van der Waals surface area contributed by atoms with Crippen molar-refractivity contribution < 1.29 is 23.5 Å². The van der Waals surface area contributed by atoms with Gasteiger partial charge in [0, 0.05) is 80.7 Å². The average Bonchev–Trinajstić information content (AvgIpc) is 3.41. The van der Waals surface area contributed by atoms with E-state index >= 15 is 0 Å². The summed E-state index contributed by atoms with van der Waals surface area (Å²) in [6.07, 6.45) is 8.20. The molecule has 0 aliphatic carbocycles. The van der Waals surface area contributed by atoms with Crippen LogP contribution in [0.1, 0.15) is 70.0 Å². The fourth-order valence-electron chi connectivity index (χ4n) is 6.48. The number of aromatic nitrogens is 5. The topological polar surface area (TPSA) is 239 Å². The summed E-state index contributed by atoms with van der Waals surface area (Å²) in [7, 11) is 1.56. The number of nitrogens with zero attached hydrogens (tertiary/aromatic N) is 5. The highest BCUT2D eigenvalue weighted by molar-refractivity contribution is 5.95. The summed E-state index contributed by atoms with van der Waals surface area (Å²) in [6.45, 7) is 1.93. The number of carbonyl (C=O) groups is 3. The third-order valence-electron chi connectivity index (χ3n) is 10.1. The van der Waals surface area contributed by atoms with E-state index in [2.05, 4.69) is 71.3 Å². The van der Waals surface area contributed by atoms with Crippen LogP contribution >= 0.6 is 0 Å². The molecule has 4 aromatic heterocycles. The van der Waals surface area contributed by atoms with Crippen molar-refractivity contribution in [1.82, 2.24) is 41.2 Å². The Bertz CT molecular complexity index is 3490. The van der Waals surface area contributed by atoms with E-state index in [1.807, 2.05) is 85.1 Å². The lowest BCUT2D eigenvalue weighted by Crippen LogP contribution is -2.30. The molecule has 0 aliphatic heterocycles. The van der Waals surface area contributed by atoms with Gasteiger partial charge in [-0.2, -0.15) is 0 Å². The van der Waals surface area contributed by atoms with Gasteiger partial charge in [-0.25, -0.2) is 31.9 Å². The number of methoxy groups -OCH3 is 1. The van der Waals surface area contributed by atoms with Gasteiger partial charge >= 0.3 is 0 Å². The van der Waals surface area contributed by atoms with E-state index in [-0.39, 0.29) is 22.9 Å². The van der Waals surface area contributed by atoms with Crippen molar-refractivity contribution in [2.45, 2.75) is 6.92 Å². The monoisotopic (exact) mass is 925 g/mol. The average molecular weight is 926 g/mol. The molecule has 15 nitrogen and oxygen atoms in total. The molecule has 0 aliphatic rings. The van der Waals surface area contributed by atoms with Crippen LogP contribution in [0, 0.1) is 48.3 Å². The first-order valence-electron chi connectivity index (χ1n) is 21.0. The van der Waals surface area contributed by atoms with Crippen LogP contribution < -0.4 is 38.5 Å². The van der Waals surface area contributed by atoms with Crippen molar-refractivity contribution in [2.24, 2.45) is 17.5 Å². The molecular formula is C54H40FN11O4. The van der Waals surface area contributed by atoms with Crippen LogP contribution in [0.4, 0.5) is 4.39 Å². The smallest absolute Gasteiger partial charge is 0.265 e. The predicted molar refractivity (Wildman–Crippen MR) is 264 cm³/mol. The molecule has 5 aromatic carbocycles. The van der Waals surface area contributed by atoms with Crippen molar-refractivity contribution in [3.63, 3.8) is 0 Å². The van der Waals surface area contributed by atoms with E-state index in [0.717, 1.165) is 44.1 Å². The summed E-state index contributed by atoms with van der Waals surface area (Å²) in [6, 6.07) is 35.3. The van der Waals surface area contributed by atoms with Crippen LogP contribution in [-0.2, 0) is 0 Å². The molecule has 0 atom stereocenters. The van der Waals surface area contributed by atoms with Crippen LogP contribution in [0.15, 0.2) is 152 Å². The maximum atomic E-state index is 13.8. The molecule has 0 radical (unpaired) electrons. The first-order valence-corrected chi connectivity index (χ1v) is 21.0. The molecule has 342 valence electrons. The quantitative estimate of drug-likeness (QED) is 0.0519. The molecule has 3 amide bonds. The van der Waals surface area contributed by atoms with Crippen LogP contribution in [0.25, 0.3) is 33.0 Å². The van der Waals surface area contributed by atoms with E-state index in [4.69, 9.17) is 22.3 Å². The molecule has 9 rings (SSSR count). The predicted octanol–water partition coefficient (Wildman–Crippen LogP) is 5.96. The zero-order valence-corrected chi connectivity index (χ0v) is 37.4. The summed E-state index contributed by atoms with van der Waals surface area (Å²) in [5.74, 6) is 32.0. The number of rotatable bonds is 4. The molecule has 0 fully saturated rings. The zero-order valence-electron chi connectivity index (χ0n) is 37.4. The number of fused-ring (bicyclic) bond motifs is 3. The molecule has 16 heteroatoms. The summed E-state index contributed by atoms with van der Waals surface area (Å²) in [4.78, 5) is 55.9. The molecule has 0 unspecified atom stereocenters. The lowest BCUT2D eigenvalue weighted by Gasteiger charge is -2.05. The third kappa shape index (κ3) is 12.3. The molecule has 0 saturated heterocycles. The second-order valence-electron chi connectivity index (χ2n) is 14.8. The van der Waals surface area contributed by atoms with Gasteiger partial charge in [0.25, 0.3) is 17.7 Å². The number of ether oxygens (including phenoxy) is 1. The van der Waals surface area contributed by atoms with E-state index < -0.39 is 11.7 Å². The number of hydrogen-bond acceptors (Lipinski definition) is 12. The summed E-state index contributed by atoms with van der Waals surface area (Å²) < 4.78 is 19.1. The van der Waals surface area contributed by atoms with Crippen molar-refractivity contribution in [1.29, 1.82) is 0 Å². The number of para-hydroxylation sites is 2. The van der Waals surface area contributed by atoms with Gasteiger partial charge in [0.05, 0.1) is 29.3 Å². The van der Waals surface area contributed by atoms with Crippen LogP contribution in [0.2, 0.25) is 0 Å². The molecular weight excluding hydrogens is 886 g/mol. The van der Waals surface area contributed by atoms with Crippen LogP contribution in [-0.4, -0.2) is 49.8 Å². The van der Waals surface area contributed by atoms with E-state index in [9.17, 15) is 18.8 Å². The Labute approximate surface area is 400 Å². The van der Waals surface area contributed by atoms with Gasteiger partial charge in [0.2, 0.25) is 0 Å². The Morgan fingerprint density at radius 1 is 0.500 bits per heavy atom. The first kappa shape index (κ1) is 48.1. The molecule has 9 aromatic rings. The van der Waals surface area contributed by atoms with Gasteiger partial charge in [-0.1, -0.05) is 78.0 Å². The van der Waals surface area contributed by atoms with E-state index in [1.54, 1.807) is 68.4 Å². The Hall–Kier alpha value is -9.89. The minimum absolute atomic E-state index is 0.124. The van der Waals surface area contributed by atoms with Gasteiger partial charge < -0.3 is 4.74 Å². The maximum Gasteiger partial charge on any atom is 0.265 e. The molecule has 0 spiro atoms. The number of hydrazine groups is 3. The highest BCUT2D eigenvalue weighted by atomic mass is 19.1. The minimum atomic E-state index is -0.500. The fourth-order valence-corrected chi connectivity index (χ4v) is 6.48. The SMILES string of the molecule is COc1ccc(C(=O)NN)cc1C#Cc1cnc2ccccc2c1.Cc1ccc(C(=O)NN)cc1C#Cc1cnc2nccnc2c1.NNC(=O)c1ccc(F)c(C#Cc2cnc3ccccc3c2)c1.